The molecule has 0 heterocycles. The van der Waals surface area contributed by atoms with Gasteiger partial charge in [0.15, 0.2) is 5.78 Å². The van der Waals surface area contributed by atoms with Gasteiger partial charge in [0.1, 0.15) is 5.82 Å². The summed E-state index contributed by atoms with van der Waals surface area (Å²) in [6, 6.07) is 2.02. The molecule has 0 saturated heterocycles. The molecule has 0 aliphatic rings. The quantitative estimate of drug-likeness (QED) is 0.789. The number of nitrogens with two attached hydrogens (primary N) is 1. The number of alkyl halides is 2. The summed E-state index contributed by atoms with van der Waals surface area (Å²) in [6.45, 7) is 1.06. The van der Waals surface area contributed by atoms with Gasteiger partial charge in [-0.1, -0.05) is 0 Å². The first-order valence-electron chi connectivity index (χ1n) is 4.28. The highest BCUT2D eigenvalue weighted by molar-refractivity contribution is 5.97. The van der Waals surface area contributed by atoms with E-state index in [4.69, 9.17) is 5.73 Å². The topological polar surface area (TPSA) is 43.1 Å². The Balaban J connectivity index is 3.25. The van der Waals surface area contributed by atoms with Crippen LogP contribution in [0.25, 0.3) is 0 Å². The number of rotatable bonds is 3. The molecule has 2 nitrogen and oxygen atoms in total. The lowest BCUT2D eigenvalue weighted by molar-refractivity contribution is 0.0999. The van der Waals surface area contributed by atoms with Gasteiger partial charge >= 0.3 is 0 Å². The largest absolute Gasteiger partial charge is 0.324 e. The van der Waals surface area contributed by atoms with E-state index in [-0.39, 0.29) is 17.7 Å². The minimum Gasteiger partial charge on any atom is -0.324 e. The predicted octanol–water partition coefficient (Wildman–Crippen LogP) is 2.21. The fourth-order valence-electron chi connectivity index (χ4n) is 1.31. The number of ketones is 1. The highest BCUT2D eigenvalue weighted by Crippen LogP contribution is 2.26. The van der Waals surface area contributed by atoms with Crippen LogP contribution in [0, 0.1) is 12.7 Å². The number of benzene rings is 1. The molecule has 0 atom stereocenters. The molecule has 0 aliphatic heterocycles. The Hall–Kier alpha value is -1.36. The average Bonchev–Trinajstić information content (AvgIpc) is 2.14. The molecule has 2 N–H and O–H groups in total. The number of halogens is 3. The molecular formula is C10H10F3NO. The highest BCUT2D eigenvalue weighted by atomic mass is 19.3. The Labute approximate surface area is 84.9 Å². The fourth-order valence-corrected chi connectivity index (χ4v) is 1.31. The van der Waals surface area contributed by atoms with Crippen molar-refractivity contribution in [3.05, 3.63) is 34.6 Å². The Morgan fingerprint density at radius 1 is 1.47 bits per heavy atom. The van der Waals surface area contributed by atoms with Crippen molar-refractivity contribution in [1.29, 1.82) is 0 Å². The molecule has 1 aromatic rings. The molecule has 0 radical (unpaired) electrons. The molecule has 5 heteroatoms. The van der Waals surface area contributed by atoms with Gasteiger partial charge < -0.3 is 5.73 Å². The fraction of sp³-hybridized carbons (Fsp3) is 0.300. The molecule has 15 heavy (non-hydrogen) atoms. The summed E-state index contributed by atoms with van der Waals surface area (Å²) >= 11 is 0. The zero-order valence-corrected chi connectivity index (χ0v) is 8.06. The van der Waals surface area contributed by atoms with Crippen LogP contribution in [0.2, 0.25) is 0 Å². The van der Waals surface area contributed by atoms with Crippen LogP contribution in [-0.4, -0.2) is 12.3 Å². The molecule has 0 saturated carbocycles. The number of Topliss-reactive ketones (excluding diaryl/α,β-unsaturated/α-hetero) is 1. The van der Waals surface area contributed by atoms with E-state index in [1.165, 1.54) is 13.0 Å². The Bertz CT molecular complexity index is 367. The molecule has 82 valence electrons. The van der Waals surface area contributed by atoms with Crippen LogP contribution in [0.3, 0.4) is 0 Å². The van der Waals surface area contributed by atoms with Crippen LogP contribution >= 0.6 is 0 Å². The van der Waals surface area contributed by atoms with Crippen molar-refractivity contribution in [3.63, 3.8) is 0 Å². The molecule has 0 aliphatic carbocycles. The first-order valence-corrected chi connectivity index (χ1v) is 4.28. The van der Waals surface area contributed by atoms with Gasteiger partial charge in [-0.05, 0) is 24.6 Å². The zero-order chi connectivity index (χ0) is 11.6. The van der Waals surface area contributed by atoms with Crippen LogP contribution in [0.15, 0.2) is 12.1 Å². The molecule has 0 amide bonds. The van der Waals surface area contributed by atoms with Gasteiger partial charge in [-0.15, -0.1) is 0 Å². The average molecular weight is 217 g/mol. The smallest absolute Gasteiger partial charge is 0.266 e. The van der Waals surface area contributed by atoms with Gasteiger partial charge in [0.25, 0.3) is 6.43 Å². The van der Waals surface area contributed by atoms with E-state index in [2.05, 4.69) is 0 Å². The van der Waals surface area contributed by atoms with Gasteiger partial charge in [-0.25, -0.2) is 13.2 Å². The summed E-state index contributed by atoms with van der Waals surface area (Å²) < 4.78 is 37.9. The predicted molar refractivity (Wildman–Crippen MR) is 49.5 cm³/mol. The second-order valence-electron chi connectivity index (χ2n) is 3.12. The molecule has 0 aromatic heterocycles. The number of carbonyl (C=O) groups is 1. The summed E-state index contributed by atoms with van der Waals surface area (Å²) in [4.78, 5) is 11.1. The van der Waals surface area contributed by atoms with Crippen molar-refractivity contribution in [2.75, 3.05) is 6.54 Å². The van der Waals surface area contributed by atoms with E-state index in [1.54, 1.807) is 0 Å². The van der Waals surface area contributed by atoms with Crippen molar-refractivity contribution in [2.45, 2.75) is 13.3 Å². The lowest BCUT2D eigenvalue weighted by atomic mass is 10.0. The van der Waals surface area contributed by atoms with Gasteiger partial charge in [0.2, 0.25) is 0 Å². The first-order chi connectivity index (χ1) is 6.97. The van der Waals surface area contributed by atoms with Crippen molar-refractivity contribution in [3.8, 4) is 0 Å². The van der Waals surface area contributed by atoms with Crippen molar-refractivity contribution in [2.24, 2.45) is 5.73 Å². The SMILES string of the molecule is Cc1cc(C(=O)CN)cc(F)c1C(F)F. The van der Waals surface area contributed by atoms with Gasteiger partial charge in [-0.2, -0.15) is 0 Å². The number of aryl methyl sites for hydroxylation is 1. The Morgan fingerprint density at radius 3 is 2.47 bits per heavy atom. The third-order valence-electron chi connectivity index (χ3n) is 2.06. The van der Waals surface area contributed by atoms with E-state index < -0.39 is 23.6 Å². The summed E-state index contributed by atoms with van der Waals surface area (Å²) in [5, 5.41) is 0. The summed E-state index contributed by atoms with van der Waals surface area (Å²) in [5.74, 6) is -1.54. The van der Waals surface area contributed by atoms with Crippen molar-refractivity contribution < 1.29 is 18.0 Å². The standard InChI is InChI=1S/C10H10F3NO/c1-5-2-6(8(15)4-14)3-7(11)9(5)10(12)13/h2-3,10H,4,14H2,1H3. The van der Waals surface area contributed by atoms with E-state index in [0.29, 0.717) is 0 Å². The van der Waals surface area contributed by atoms with Crippen LogP contribution in [0.4, 0.5) is 13.2 Å². The number of hydrogen-bond acceptors (Lipinski definition) is 2. The normalized spacial score (nSPS) is 10.8. The Morgan fingerprint density at radius 2 is 2.07 bits per heavy atom. The molecule has 0 unspecified atom stereocenters. The minimum absolute atomic E-state index is 0.0249. The van der Waals surface area contributed by atoms with Crippen LogP contribution < -0.4 is 5.73 Å². The van der Waals surface area contributed by atoms with E-state index in [1.807, 2.05) is 0 Å². The van der Waals surface area contributed by atoms with E-state index in [0.717, 1.165) is 6.07 Å². The third kappa shape index (κ3) is 2.36. The van der Waals surface area contributed by atoms with Crippen LogP contribution in [0.1, 0.15) is 27.9 Å². The Kier molecular flexibility index (Phi) is 3.47. The maximum Gasteiger partial charge on any atom is 0.266 e. The summed E-state index contributed by atoms with van der Waals surface area (Å²) in [7, 11) is 0. The van der Waals surface area contributed by atoms with Crippen LogP contribution in [-0.2, 0) is 0 Å². The van der Waals surface area contributed by atoms with Crippen LogP contribution in [0.5, 0.6) is 0 Å². The van der Waals surface area contributed by atoms with Gasteiger partial charge in [0, 0.05) is 5.56 Å². The maximum absolute atomic E-state index is 13.2. The minimum atomic E-state index is -2.88. The number of hydrogen-bond donors (Lipinski definition) is 1. The lowest BCUT2D eigenvalue weighted by Crippen LogP contribution is -2.14. The maximum atomic E-state index is 13.2. The van der Waals surface area contributed by atoms with Crippen molar-refractivity contribution >= 4 is 5.78 Å². The summed E-state index contributed by atoms with van der Waals surface area (Å²) in [5.41, 5.74) is 4.50. The van der Waals surface area contributed by atoms with Gasteiger partial charge in [0.05, 0.1) is 12.1 Å². The molecule has 0 bridgehead atoms. The number of carbonyl (C=O) groups excluding carboxylic acids is 1. The van der Waals surface area contributed by atoms with Gasteiger partial charge in [-0.3, -0.25) is 4.79 Å². The summed E-state index contributed by atoms with van der Waals surface area (Å²) in [6.07, 6.45) is -2.88. The molecule has 0 fully saturated rings. The van der Waals surface area contributed by atoms with E-state index in [9.17, 15) is 18.0 Å². The highest BCUT2D eigenvalue weighted by Gasteiger charge is 2.18. The third-order valence-corrected chi connectivity index (χ3v) is 2.06. The second kappa shape index (κ2) is 4.44. The lowest BCUT2D eigenvalue weighted by Gasteiger charge is -2.08. The monoisotopic (exact) mass is 217 g/mol. The second-order valence-corrected chi connectivity index (χ2v) is 3.12. The molecule has 1 aromatic carbocycles. The molecular weight excluding hydrogens is 207 g/mol. The first kappa shape index (κ1) is 11.7. The molecule has 0 spiro atoms. The van der Waals surface area contributed by atoms with E-state index >= 15 is 0 Å². The zero-order valence-electron chi connectivity index (χ0n) is 8.06. The molecule has 1 rings (SSSR count). The van der Waals surface area contributed by atoms with Crippen molar-refractivity contribution in [1.82, 2.24) is 0 Å².